The Labute approximate surface area is 46.6 Å². The van der Waals surface area contributed by atoms with E-state index in [0.29, 0.717) is 0 Å². The molecule has 1 atom stereocenters. The summed E-state index contributed by atoms with van der Waals surface area (Å²) in [4.78, 5) is 0. The van der Waals surface area contributed by atoms with Crippen molar-refractivity contribution in [2.75, 3.05) is 7.05 Å². The Morgan fingerprint density at radius 2 is 2.43 bits per heavy atom. The topological polar surface area (TPSA) is 37.1 Å². The van der Waals surface area contributed by atoms with Crippen molar-refractivity contribution in [1.82, 2.24) is 0 Å². The van der Waals surface area contributed by atoms with E-state index in [-0.39, 0.29) is 4.00 Å². The summed E-state index contributed by atoms with van der Waals surface area (Å²) < 4.78 is 0.111. The highest BCUT2D eigenvalue weighted by molar-refractivity contribution is 7.74. The number of hydrogen-bond donors (Lipinski definition) is 1. The van der Waals surface area contributed by atoms with E-state index < -0.39 is 0 Å². The number of quaternary nitrogens is 1. The molecule has 0 radical (unpaired) electrons. The number of thiol groups is 1. The van der Waals surface area contributed by atoms with Gasteiger partial charge in [0, 0.05) is 5.22 Å². The van der Waals surface area contributed by atoms with Crippen molar-refractivity contribution >= 4 is 19.2 Å². The first kappa shape index (κ1) is 4.73. The van der Waals surface area contributed by atoms with Gasteiger partial charge in [-0.15, -0.1) is 0 Å². The van der Waals surface area contributed by atoms with E-state index in [1.54, 1.807) is 7.05 Å². The number of hydrogen-bond acceptors (Lipinski definition) is 4. The lowest BCUT2D eigenvalue weighted by molar-refractivity contribution is -0.670. The molecule has 38 valence electrons. The standard InChI is InChI=1S/C2H5N4S/c1-6(7)2-3-4-5-6/h2,7H,1H3/q+1. The molecular formula is C2H5N4S+. The van der Waals surface area contributed by atoms with Crippen LogP contribution < -0.4 is 0 Å². The lowest BCUT2D eigenvalue weighted by atomic mass is 11.1. The third-order valence-electron chi connectivity index (χ3n) is 0.543. The van der Waals surface area contributed by atoms with Crippen LogP contribution in [0.1, 0.15) is 0 Å². The van der Waals surface area contributed by atoms with E-state index >= 15 is 0 Å². The Balaban J connectivity index is 2.77. The molecule has 7 heavy (non-hydrogen) atoms. The van der Waals surface area contributed by atoms with Gasteiger partial charge in [0.25, 0.3) is 6.34 Å². The second-order valence-corrected chi connectivity index (χ2v) is 2.20. The molecule has 1 heterocycles. The van der Waals surface area contributed by atoms with E-state index in [1.807, 2.05) is 0 Å². The Morgan fingerprint density at radius 3 is 2.57 bits per heavy atom. The van der Waals surface area contributed by atoms with Crippen molar-refractivity contribution < 1.29 is 4.00 Å². The first-order valence-corrected chi connectivity index (χ1v) is 2.16. The third-order valence-corrected chi connectivity index (χ3v) is 0.726. The minimum atomic E-state index is 0.111. The van der Waals surface area contributed by atoms with Crippen molar-refractivity contribution in [2.45, 2.75) is 0 Å². The summed E-state index contributed by atoms with van der Waals surface area (Å²) in [5, 5.41) is 10.4. The summed E-state index contributed by atoms with van der Waals surface area (Å²) >= 11 is 3.98. The average Bonchev–Trinajstić information content (AvgIpc) is 1.84. The van der Waals surface area contributed by atoms with E-state index in [0.717, 1.165) is 0 Å². The van der Waals surface area contributed by atoms with Gasteiger partial charge < -0.3 is 0 Å². The van der Waals surface area contributed by atoms with E-state index in [4.69, 9.17) is 0 Å². The second-order valence-electron chi connectivity index (χ2n) is 1.39. The molecule has 0 saturated heterocycles. The van der Waals surface area contributed by atoms with Gasteiger partial charge in [0.15, 0.2) is 0 Å². The minimum Gasteiger partial charge on any atom is -0.0792 e. The van der Waals surface area contributed by atoms with Crippen molar-refractivity contribution in [3.05, 3.63) is 0 Å². The fourth-order valence-corrected chi connectivity index (χ4v) is 0.330. The summed E-state index contributed by atoms with van der Waals surface area (Å²) in [6.45, 7) is 0. The molecule has 0 aliphatic carbocycles. The summed E-state index contributed by atoms with van der Waals surface area (Å²) in [5.74, 6) is 0. The predicted octanol–water partition coefficient (Wildman–Crippen LogP) is 0.602. The highest BCUT2D eigenvalue weighted by Crippen LogP contribution is 2.09. The molecular weight excluding hydrogens is 112 g/mol. The van der Waals surface area contributed by atoms with Crippen molar-refractivity contribution in [3.8, 4) is 0 Å². The van der Waals surface area contributed by atoms with Crippen LogP contribution in [0, 0.1) is 0 Å². The fourth-order valence-electron chi connectivity index (χ4n) is 0.248. The molecule has 4 nitrogen and oxygen atoms in total. The van der Waals surface area contributed by atoms with Gasteiger partial charge in [0.1, 0.15) is 7.05 Å². The molecule has 1 aliphatic heterocycles. The van der Waals surface area contributed by atoms with Gasteiger partial charge in [-0.3, -0.25) is 0 Å². The predicted molar refractivity (Wildman–Crippen MR) is 28.5 cm³/mol. The van der Waals surface area contributed by atoms with Gasteiger partial charge in [0.05, 0.1) is 18.0 Å². The van der Waals surface area contributed by atoms with Crippen LogP contribution >= 0.6 is 12.8 Å². The van der Waals surface area contributed by atoms with Crippen LogP contribution in [0.15, 0.2) is 15.5 Å². The van der Waals surface area contributed by atoms with Gasteiger partial charge in [-0.05, 0) is 0 Å². The summed E-state index contributed by atoms with van der Waals surface area (Å²) in [7, 11) is 1.75. The first-order valence-electron chi connectivity index (χ1n) is 1.76. The number of rotatable bonds is 0. The third kappa shape index (κ3) is 0.971. The SMILES string of the molecule is C[N+]1(S)C=NN=N1. The highest BCUT2D eigenvalue weighted by Gasteiger charge is 2.16. The van der Waals surface area contributed by atoms with Crippen LogP contribution in [-0.2, 0) is 0 Å². The molecule has 1 rings (SSSR count). The molecule has 1 unspecified atom stereocenters. The molecule has 0 aromatic heterocycles. The Bertz CT molecular complexity index is 112. The Morgan fingerprint density at radius 1 is 1.71 bits per heavy atom. The molecule has 0 aromatic rings. The summed E-state index contributed by atoms with van der Waals surface area (Å²) in [5.41, 5.74) is 0. The normalized spacial score (nSPS) is 37.4. The zero-order chi connectivity index (χ0) is 5.33. The van der Waals surface area contributed by atoms with Gasteiger partial charge in [-0.2, -0.15) is 0 Å². The molecule has 0 N–H and O–H groups in total. The van der Waals surface area contributed by atoms with Crippen molar-refractivity contribution in [3.63, 3.8) is 0 Å². The number of nitrogens with zero attached hydrogens (tertiary/aromatic N) is 4. The molecule has 0 spiro atoms. The molecule has 0 fully saturated rings. The molecule has 1 aliphatic rings. The molecule has 0 saturated carbocycles. The molecule has 0 aromatic carbocycles. The molecule has 0 amide bonds. The van der Waals surface area contributed by atoms with Gasteiger partial charge in [0.2, 0.25) is 0 Å². The first-order chi connectivity index (χ1) is 3.21. The van der Waals surface area contributed by atoms with Crippen molar-refractivity contribution in [2.24, 2.45) is 15.5 Å². The fraction of sp³-hybridized carbons (Fsp3) is 0.500. The minimum absolute atomic E-state index is 0.111. The van der Waals surface area contributed by atoms with Gasteiger partial charge >= 0.3 is 0 Å². The van der Waals surface area contributed by atoms with Gasteiger partial charge in [-0.25, -0.2) is 0 Å². The Hall–Kier alpha value is -0.420. The lowest BCUT2D eigenvalue weighted by Gasteiger charge is -2.02. The smallest absolute Gasteiger partial charge is 0.0792 e. The lowest BCUT2D eigenvalue weighted by Crippen LogP contribution is -2.20. The quantitative estimate of drug-likeness (QED) is 0.356. The van der Waals surface area contributed by atoms with Crippen LogP contribution in [0.2, 0.25) is 0 Å². The highest BCUT2D eigenvalue weighted by atomic mass is 32.1. The maximum atomic E-state index is 3.98. The van der Waals surface area contributed by atoms with Crippen LogP contribution in [0.5, 0.6) is 0 Å². The van der Waals surface area contributed by atoms with Crippen LogP contribution in [0.25, 0.3) is 0 Å². The zero-order valence-corrected chi connectivity index (χ0v) is 4.71. The molecule has 5 heteroatoms. The largest absolute Gasteiger partial charge is 0.251 e. The van der Waals surface area contributed by atoms with Crippen LogP contribution in [0.4, 0.5) is 0 Å². The van der Waals surface area contributed by atoms with Gasteiger partial charge in [-0.1, -0.05) is 9.10 Å². The molecule has 0 bridgehead atoms. The van der Waals surface area contributed by atoms with Crippen LogP contribution in [0.3, 0.4) is 0 Å². The monoisotopic (exact) mass is 117 g/mol. The summed E-state index contributed by atoms with van der Waals surface area (Å²) in [6.07, 6.45) is 1.52. The van der Waals surface area contributed by atoms with E-state index in [1.165, 1.54) is 6.34 Å². The van der Waals surface area contributed by atoms with E-state index in [9.17, 15) is 0 Å². The Kier molecular flexibility index (Phi) is 0.862. The second kappa shape index (κ2) is 1.28. The van der Waals surface area contributed by atoms with E-state index in [2.05, 4.69) is 28.4 Å². The maximum absolute atomic E-state index is 3.98. The summed E-state index contributed by atoms with van der Waals surface area (Å²) in [6, 6.07) is 0. The van der Waals surface area contributed by atoms with Crippen molar-refractivity contribution in [1.29, 1.82) is 0 Å². The average molecular weight is 117 g/mol. The zero-order valence-electron chi connectivity index (χ0n) is 3.81. The van der Waals surface area contributed by atoms with Crippen LogP contribution in [-0.4, -0.2) is 17.4 Å². The maximum Gasteiger partial charge on any atom is 0.251 e.